The summed E-state index contributed by atoms with van der Waals surface area (Å²) in [6.45, 7) is 4.39. The maximum Gasteiger partial charge on any atom is 0.284 e. The van der Waals surface area contributed by atoms with E-state index >= 15 is 0 Å². The van der Waals surface area contributed by atoms with E-state index in [2.05, 4.69) is 15.5 Å². The second-order valence-corrected chi connectivity index (χ2v) is 7.31. The summed E-state index contributed by atoms with van der Waals surface area (Å²) < 4.78 is 1.66. The molecule has 1 atom stereocenters. The molecule has 0 fully saturated rings. The minimum atomic E-state index is -0.510. The molecule has 0 radical (unpaired) electrons. The van der Waals surface area contributed by atoms with Gasteiger partial charge in [0.1, 0.15) is 6.33 Å². The van der Waals surface area contributed by atoms with Crippen molar-refractivity contribution in [2.75, 3.05) is 6.54 Å². The molecule has 2 rings (SSSR count). The van der Waals surface area contributed by atoms with Gasteiger partial charge in [-0.15, -0.1) is 22.6 Å². The number of aryl methyl sites for hydroxylation is 1. The molecule has 0 saturated heterocycles. The van der Waals surface area contributed by atoms with Crippen molar-refractivity contribution < 1.29 is 9.72 Å². The normalized spacial score (nSPS) is 11.7. The topological polar surface area (TPSA) is 129 Å². The minimum absolute atomic E-state index is 0. The van der Waals surface area contributed by atoms with Crippen LogP contribution in [-0.2, 0) is 7.05 Å². The van der Waals surface area contributed by atoms with Crippen LogP contribution in [0.25, 0.3) is 0 Å². The predicted octanol–water partition coefficient (Wildman–Crippen LogP) is 2.40. The highest BCUT2D eigenvalue weighted by Gasteiger charge is 2.21. The number of carbonyl (C=O) groups excluding carboxylic acids is 1. The van der Waals surface area contributed by atoms with E-state index in [0.29, 0.717) is 22.5 Å². The van der Waals surface area contributed by atoms with Gasteiger partial charge in [-0.1, -0.05) is 13.8 Å². The Bertz CT molecular complexity index is 798. The van der Waals surface area contributed by atoms with E-state index in [9.17, 15) is 14.9 Å². The number of nitrogens with one attached hydrogen (secondary N) is 1. The van der Waals surface area contributed by atoms with Gasteiger partial charge in [-0.2, -0.15) is 0 Å². The van der Waals surface area contributed by atoms with Crippen molar-refractivity contribution >= 4 is 35.8 Å². The number of hydrogen-bond acceptors (Lipinski definition) is 7. The minimum Gasteiger partial charge on any atom is -0.348 e. The Morgan fingerprint density at radius 1 is 1.44 bits per heavy atom. The maximum atomic E-state index is 12.4. The molecule has 3 N–H and O–H groups in total. The average molecular weight is 415 g/mol. The Labute approximate surface area is 167 Å². The van der Waals surface area contributed by atoms with E-state index in [1.807, 2.05) is 13.8 Å². The monoisotopic (exact) mass is 414 g/mol. The van der Waals surface area contributed by atoms with Gasteiger partial charge in [0.15, 0.2) is 5.16 Å². The summed E-state index contributed by atoms with van der Waals surface area (Å²) in [4.78, 5) is 23.7. The molecular formula is C16H23ClN6O3S. The molecule has 27 heavy (non-hydrogen) atoms. The fourth-order valence-electron chi connectivity index (χ4n) is 2.40. The van der Waals surface area contributed by atoms with Crippen molar-refractivity contribution in [2.45, 2.75) is 36.4 Å². The summed E-state index contributed by atoms with van der Waals surface area (Å²) in [7, 11) is 1.75. The second kappa shape index (κ2) is 10.2. The third kappa shape index (κ3) is 6.19. The zero-order valence-corrected chi connectivity index (χ0v) is 16.9. The second-order valence-electron chi connectivity index (χ2n) is 6.30. The number of amides is 1. The van der Waals surface area contributed by atoms with Crippen LogP contribution in [0.1, 0.15) is 30.6 Å². The first-order chi connectivity index (χ1) is 12.3. The molecule has 0 aliphatic rings. The maximum absolute atomic E-state index is 12.4. The quantitative estimate of drug-likeness (QED) is 0.501. The van der Waals surface area contributed by atoms with Crippen LogP contribution in [0.5, 0.6) is 0 Å². The third-order valence-electron chi connectivity index (χ3n) is 3.66. The Balaban J connectivity index is 0.00000364. The molecule has 1 amide bonds. The van der Waals surface area contributed by atoms with Gasteiger partial charge < -0.3 is 15.6 Å². The van der Waals surface area contributed by atoms with Crippen molar-refractivity contribution in [3.05, 3.63) is 40.2 Å². The van der Waals surface area contributed by atoms with Crippen LogP contribution >= 0.6 is 24.2 Å². The average Bonchev–Trinajstić information content (AvgIpc) is 2.98. The number of nitro groups is 1. The van der Waals surface area contributed by atoms with E-state index in [0.717, 1.165) is 18.2 Å². The smallest absolute Gasteiger partial charge is 0.284 e. The largest absolute Gasteiger partial charge is 0.348 e. The summed E-state index contributed by atoms with van der Waals surface area (Å²) in [6.07, 6.45) is 2.25. The fraction of sp³-hybridized carbons (Fsp3) is 0.438. The summed E-state index contributed by atoms with van der Waals surface area (Å²) in [5, 5.41) is 22.4. The molecule has 1 unspecified atom stereocenters. The van der Waals surface area contributed by atoms with Crippen molar-refractivity contribution in [1.82, 2.24) is 20.1 Å². The van der Waals surface area contributed by atoms with Crippen molar-refractivity contribution in [3.63, 3.8) is 0 Å². The van der Waals surface area contributed by atoms with E-state index in [1.54, 1.807) is 23.7 Å². The molecule has 1 aromatic heterocycles. The number of hydrogen-bond donors (Lipinski definition) is 2. The van der Waals surface area contributed by atoms with Crippen LogP contribution < -0.4 is 11.1 Å². The SMILES string of the molecule is CC(C)CC(CN)NC(=O)c1ccc(Sc2nncn2C)c([N+](=O)[O-])c1.Cl. The van der Waals surface area contributed by atoms with E-state index in [1.165, 1.54) is 12.4 Å². The van der Waals surface area contributed by atoms with E-state index < -0.39 is 4.92 Å². The number of rotatable bonds is 8. The molecule has 11 heteroatoms. The summed E-state index contributed by atoms with van der Waals surface area (Å²) >= 11 is 1.12. The number of carbonyl (C=O) groups is 1. The molecule has 148 valence electrons. The Hall–Kier alpha value is -2.17. The van der Waals surface area contributed by atoms with Crippen LogP contribution in [0.4, 0.5) is 5.69 Å². The highest BCUT2D eigenvalue weighted by Crippen LogP contribution is 2.34. The van der Waals surface area contributed by atoms with Crippen molar-refractivity contribution in [3.8, 4) is 0 Å². The molecule has 0 saturated carbocycles. The summed E-state index contributed by atoms with van der Waals surface area (Å²) in [5.41, 5.74) is 5.77. The standard InChI is InChI=1S/C16H22N6O3S.ClH/c1-10(2)6-12(8-17)19-15(23)11-4-5-14(13(7-11)22(24)25)26-16-20-18-9-21(16)3;/h4-5,7,9-10,12H,6,8,17H2,1-3H3,(H,19,23);1H. The van der Waals surface area contributed by atoms with Crippen molar-refractivity contribution in [2.24, 2.45) is 18.7 Å². The summed E-state index contributed by atoms with van der Waals surface area (Å²) in [6, 6.07) is 4.21. The Morgan fingerprint density at radius 3 is 2.67 bits per heavy atom. The lowest BCUT2D eigenvalue weighted by atomic mass is 10.0. The van der Waals surface area contributed by atoms with Crippen LogP contribution in [0, 0.1) is 16.0 Å². The molecule has 1 aromatic carbocycles. The zero-order valence-electron chi connectivity index (χ0n) is 15.3. The molecule has 0 bridgehead atoms. The lowest BCUT2D eigenvalue weighted by Gasteiger charge is -2.18. The first kappa shape index (κ1) is 22.9. The van der Waals surface area contributed by atoms with Crippen LogP contribution in [0.3, 0.4) is 0 Å². The summed E-state index contributed by atoms with van der Waals surface area (Å²) in [5.74, 6) is 0.00256. The van der Waals surface area contributed by atoms with Crippen LogP contribution in [0.15, 0.2) is 34.6 Å². The van der Waals surface area contributed by atoms with E-state index in [4.69, 9.17) is 5.73 Å². The Morgan fingerprint density at radius 2 is 2.15 bits per heavy atom. The predicted molar refractivity (Wildman–Crippen MR) is 105 cm³/mol. The highest BCUT2D eigenvalue weighted by molar-refractivity contribution is 7.99. The lowest BCUT2D eigenvalue weighted by molar-refractivity contribution is -0.387. The molecule has 9 nitrogen and oxygen atoms in total. The van der Waals surface area contributed by atoms with Gasteiger partial charge in [0.25, 0.3) is 11.6 Å². The van der Waals surface area contributed by atoms with Crippen molar-refractivity contribution in [1.29, 1.82) is 0 Å². The number of nitro benzene ring substituents is 1. The molecule has 0 aliphatic heterocycles. The van der Waals surface area contributed by atoms with Crippen LogP contribution in [-0.4, -0.2) is 38.2 Å². The number of halogens is 1. The number of nitrogens with zero attached hydrogens (tertiary/aromatic N) is 4. The fourth-order valence-corrected chi connectivity index (χ4v) is 3.25. The lowest BCUT2D eigenvalue weighted by Crippen LogP contribution is -2.41. The number of benzene rings is 1. The van der Waals surface area contributed by atoms with Gasteiger partial charge in [0.2, 0.25) is 0 Å². The first-order valence-electron chi connectivity index (χ1n) is 8.13. The highest BCUT2D eigenvalue weighted by atomic mass is 35.5. The molecule has 0 spiro atoms. The zero-order chi connectivity index (χ0) is 19.3. The number of aromatic nitrogens is 3. The molecule has 1 heterocycles. The molecular weight excluding hydrogens is 392 g/mol. The molecule has 2 aromatic rings. The van der Waals surface area contributed by atoms with Gasteiger partial charge in [-0.3, -0.25) is 14.9 Å². The third-order valence-corrected chi connectivity index (χ3v) is 4.78. The molecule has 0 aliphatic carbocycles. The number of nitrogens with two attached hydrogens (primary N) is 1. The van der Waals surface area contributed by atoms with Gasteiger partial charge in [0, 0.05) is 31.3 Å². The van der Waals surface area contributed by atoms with Gasteiger partial charge >= 0.3 is 0 Å². The van der Waals surface area contributed by atoms with Crippen LogP contribution in [0.2, 0.25) is 0 Å². The van der Waals surface area contributed by atoms with E-state index in [-0.39, 0.29) is 35.6 Å². The first-order valence-corrected chi connectivity index (χ1v) is 8.94. The Kier molecular flexibility index (Phi) is 8.67. The van der Waals surface area contributed by atoms with Gasteiger partial charge in [0.05, 0.1) is 9.82 Å². The van der Waals surface area contributed by atoms with Gasteiger partial charge in [-0.25, -0.2) is 0 Å². The van der Waals surface area contributed by atoms with Gasteiger partial charge in [-0.05, 0) is 36.2 Å².